The smallest absolute Gasteiger partial charge is 0.342 e. The highest BCUT2D eigenvalue weighted by molar-refractivity contribution is 7.62. The van der Waals surface area contributed by atoms with E-state index in [9.17, 15) is 19.3 Å². The number of hydrogen-bond donors (Lipinski definition) is 1. The Morgan fingerprint density at radius 2 is 2.00 bits per heavy atom. The second kappa shape index (κ2) is 8.82. The van der Waals surface area contributed by atoms with Gasteiger partial charge in [0.15, 0.2) is 0 Å². The molecule has 1 aliphatic rings. The van der Waals surface area contributed by atoms with E-state index in [1.54, 1.807) is 13.3 Å². The summed E-state index contributed by atoms with van der Waals surface area (Å²) in [7, 11) is -0.872. The molecule has 0 aliphatic carbocycles. The minimum absolute atomic E-state index is 0.0514. The number of cyclic esters (lactones) is 1. The predicted molar refractivity (Wildman–Crippen MR) is 106 cm³/mol. The maximum Gasteiger partial charge on any atom is 0.342 e. The van der Waals surface area contributed by atoms with Gasteiger partial charge in [-0.05, 0) is 45.6 Å². The zero-order valence-corrected chi connectivity index (χ0v) is 17.9. The summed E-state index contributed by atoms with van der Waals surface area (Å²) >= 11 is 0. The van der Waals surface area contributed by atoms with Gasteiger partial charge in [-0.15, -0.1) is 0 Å². The van der Waals surface area contributed by atoms with Gasteiger partial charge in [0.05, 0.1) is 7.11 Å². The third kappa shape index (κ3) is 5.16. The van der Waals surface area contributed by atoms with Crippen LogP contribution in [0.25, 0.3) is 0 Å². The largest absolute Gasteiger partial charge is 0.507 e. The summed E-state index contributed by atoms with van der Waals surface area (Å²) in [5.74, 6) is -0.523. The van der Waals surface area contributed by atoms with E-state index in [1.165, 1.54) is 7.11 Å². The molecule has 0 radical (unpaired) electrons. The Morgan fingerprint density at radius 3 is 2.61 bits per heavy atom. The Balaban J connectivity index is 2.10. The highest BCUT2D eigenvalue weighted by Crippen LogP contribution is 2.42. The molecule has 154 valence electrons. The lowest BCUT2D eigenvalue weighted by molar-refractivity contribution is -0.141. The molecule has 2 rings (SSSR count). The molecule has 0 amide bonds. The summed E-state index contributed by atoms with van der Waals surface area (Å²) in [6.07, 6.45) is 2.83. The fraction of sp³-hybridized carbons (Fsp3) is 0.500. The molecular formula is C20H27O7P. The summed E-state index contributed by atoms with van der Waals surface area (Å²) in [6, 6.07) is 0. The number of phenolic OH excluding ortho intramolecular Hbond substituents is 1. The molecule has 0 atom stereocenters. The van der Waals surface area contributed by atoms with Gasteiger partial charge in [0.1, 0.15) is 37.2 Å². The summed E-state index contributed by atoms with van der Waals surface area (Å²) in [6.45, 7) is 6.97. The Bertz CT molecular complexity index is 864. The van der Waals surface area contributed by atoms with E-state index in [0.717, 1.165) is 11.1 Å². The first kappa shape index (κ1) is 22.0. The number of aromatic hydroxyl groups is 1. The van der Waals surface area contributed by atoms with E-state index in [-0.39, 0.29) is 30.7 Å². The fourth-order valence-electron chi connectivity index (χ4n) is 3.01. The minimum Gasteiger partial charge on any atom is -0.507 e. The molecule has 8 heteroatoms. The van der Waals surface area contributed by atoms with Crippen LogP contribution in [-0.4, -0.2) is 43.8 Å². The molecule has 1 heterocycles. The lowest BCUT2D eigenvalue weighted by atomic mass is 9.94. The monoisotopic (exact) mass is 410 g/mol. The van der Waals surface area contributed by atoms with Crippen LogP contribution in [0.2, 0.25) is 0 Å². The Kier molecular flexibility index (Phi) is 6.94. The van der Waals surface area contributed by atoms with Gasteiger partial charge in [0.2, 0.25) is 0 Å². The maximum absolute atomic E-state index is 11.9. The van der Waals surface area contributed by atoms with E-state index in [2.05, 4.69) is 0 Å². The molecule has 7 nitrogen and oxygen atoms in total. The van der Waals surface area contributed by atoms with Crippen LogP contribution in [0.15, 0.2) is 11.6 Å². The number of fused-ring (bicyclic) bond motifs is 1. The number of carbonyl (C=O) groups excluding carboxylic acids is 2. The zero-order valence-electron chi connectivity index (χ0n) is 17.0. The van der Waals surface area contributed by atoms with Gasteiger partial charge in [-0.1, -0.05) is 11.6 Å². The van der Waals surface area contributed by atoms with Gasteiger partial charge >= 0.3 is 11.9 Å². The van der Waals surface area contributed by atoms with Crippen molar-refractivity contribution in [3.63, 3.8) is 0 Å². The van der Waals surface area contributed by atoms with Crippen LogP contribution >= 0.6 is 7.14 Å². The number of rotatable bonds is 8. The Hall–Kier alpha value is -2.27. The quantitative estimate of drug-likeness (QED) is 0.396. The van der Waals surface area contributed by atoms with Crippen LogP contribution in [0.3, 0.4) is 0 Å². The van der Waals surface area contributed by atoms with Gasteiger partial charge in [0, 0.05) is 17.5 Å². The highest BCUT2D eigenvalue weighted by Gasteiger charge is 2.31. The molecule has 0 unspecified atom stereocenters. The van der Waals surface area contributed by atoms with Gasteiger partial charge in [-0.3, -0.25) is 4.79 Å². The molecule has 28 heavy (non-hydrogen) atoms. The number of hydrogen-bond acceptors (Lipinski definition) is 7. The minimum atomic E-state index is -2.39. The van der Waals surface area contributed by atoms with Crippen LogP contribution in [0.5, 0.6) is 11.5 Å². The maximum atomic E-state index is 11.9. The van der Waals surface area contributed by atoms with Gasteiger partial charge in [-0.2, -0.15) is 0 Å². The van der Waals surface area contributed by atoms with Crippen LogP contribution < -0.4 is 4.74 Å². The fourth-order valence-corrected chi connectivity index (χ4v) is 3.46. The van der Waals surface area contributed by atoms with Crippen molar-refractivity contribution in [2.24, 2.45) is 0 Å². The van der Waals surface area contributed by atoms with E-state index < -0.39 is 19.1 Å². The number of phenols is 1. The van der Waals surface area contributed by atoms with E-state index in [1.807, 2.05) is 19.9 Å². The third-order valence-electron chi connectivity index (χ3n) is 4.56. The first-order chi connectivity index (χ1) is 13.0. The summed E-state index contributed by atoms with van der Waals surface area (Å²) in [5, 5.41) is 10.6. The average Bonchev–Trinajstić information content (AvgIpc) is 3.01. The number of carbonyl (C=O) groups is 2. The van der Waals surface area contributed by atoms with Gasteiger partial charge in [0.25, 0.3) is 0 Å². The van der Waals surface area contributed by atoms with Crippen molar-refractivity contribution in [2.45, 2.75) is 39.7 Å². The number of benzene rings is 1. The Morgan fingerprint density at radius 1 is 1.32 bits per heavy atom. The number of methoxy groups -OCH3 is 1. The SMILES string of the molecule is COc1c(C)c2c(c(O)c1C/C=C(\C)CCC(=O)OCP(C)(C)=O)C(=O)OC2. The van der Waals surface area contributed by atoms with Crippen molar-refractivity contribution >= 4 is 19.1 Å². The lowest BCUT2D eigenvalue weighted by Gasteiger charge is -2.15. The zero-order chi connectivity index (χ0) is 21.1. The number of ether oxygens (including phenoxy) is 3. The first-order valence-electron chi connectivity index (χ1n) is 8.98. The molecule has 0 saturated carbocycles. The lowest BCUT2D eigenvalue weighted by Crippen LogP contribution is -2.06. The van der Waals surface area contributed by atoms with Crippen molar-refractivity contribution in [2.75, 3.05) is 26.8 Å². The predicted octanol–water partition coefficient (Wildman–Crippen LogP) is 3.77. The molecule has 1 aromatic rings. The molecule has 0 bridgehead atoms. The molecule has 0 spiro atoms. The number of allylic oxidation sites excluding steroid dienone is 2. The van der Waals surface area contributed by atoms with E-state index in [0.29, 0.717) is 29.7 Å². The molecule has 0 aromatic heterocycles. The van der Waals surface area contributed by atoms with E-state index >= 15 is 0 Å². The van der Waals surface area contributed by atoms with Crippen molar-refractivity contribution < 1.29 is 33.5 Å². The molecule has 1 N–H and O–H groups in total. The molecule has 1 aliphatic heterocycles. The standard InChI is InChI=1S/C20H27O7P/c1-12(7-9-16(21)27-11-28(4,5)24)6-8-14-18(22)17-15(10-26-20(17)23)13(2)19(14)25-3/h6,22H,7-11H2,1-5H3/b12-6+. The topological polar surface area (TPSA) is 99.1 Å². The number of esters is 2. The Labute approximate surface area is 165 Å². The summed E-state index contributed by atoms with van der Waals surface area (Å²) in [4.78, 5) is 23.7. The normalized spacial score (nSPS) is 13.9. The average molecular weight is 410 g/mol. The van der Waals surface area contributed by atoms with Crippen LogP contribution in [0, 0.1) is 6.92 Å². The second-order valence-electron chi connectivity index (χ2n) is 7.39. The molecule has 0 fully saturated rings. The third-order valence-corrected chi connectivity index (χ3v) is 5.31. The van der Waals surface area contributed by atoms with Crippen molar-refractivity contribution in [3.8, 4) is 11.5 Å². The van der Waals surface area contributed by atoms with Crippen LogP contribution in [0.1, 0.15) is 46.8 Å². The van der Waals surface area contributed by atoms with Crippen molar-refractivity contribution in [1.29, 1.82) is 0 Å². The van der Waals surface area contributed by atoms with Crippen LogP contribution in [-0.2, 0) is 31.9 Å². The van der Waals surface area contributed by atoms with Crippen LogP contribution in [0.4, 0.5) is 0 Å². The highest BCUT2D eigenvalue weighted by atomic mass is 31.2. The first-order valence-corrected chi connectivity index (χ1v) is 11.8. The molecule has 0 saturated heterocycles. The van der Waals surface area contributed by atoms with E-state index in [4.69, 9.17) is 14.2 Å². The van der Waals surface area contributed by atoms with Gasteiger partial charge in [-0.25, -0.2) is 4.79 Å². The second-order valence-corrected chi connectivity index (χ2v) is 10.8. The van der Waals surface area contributed by atoms with Crippen molar-refractivity contribution in [1.82, 2.24) is 0 Å². The van der Waals surface area contributed by atoms with Crippen molar-refractivity contribution in [3.05, 3.63) is 33.9 Å². The summed E-state index contributed by atoms with van der Waals surface area (Å²) < 4.78 is 27.1. The molecule has 1 aromatic carbocycles. The van der Waals surface area contributed by atoms with Gasteiger partial charge < -0.3 is 23.9 Å². The summed E-state index contributed by atoms with van der Waals surface area (Å²) in [5.41, 5.74) is 3.06. The molecular weight excluding hydrogens is 383 g/mol.